The smallest absolute Gasteiger partial charge is 0.176 e. The number of nitrogens with two attached hydrogens (primary N) is 1. The Morgan fingerprint density at radius 1 is 1.25 bits per heavy atom. The predicted octanol–water partition coefficient (Wildman–Crippen LogP) is 2.76. The van der Waals surface area contributed by atoms with Crippen LogP contribution < -0.4 is 5.73 Å². The van der Waals surface area contributed by atoms with E-state index in [9.17, 15) is 8.78 Å². The molecule has 0 radical (unpaired) electrons. The molecular weight excluding hydrogens is 180 g/mol. The van der Waals surface area contributed by atoms with E-state index in [1.165, 1.54) is 6.07 Å². The van der Waals surface area contributed by atoms with Crippen LogP contribution in [0.15, 0.2) is 17.5 Å². The molecule has 0 atom stereocenters. The summed E-state index contributed by atoms with van der Waals surface area (Å²) in [5, 5.41) is 2.19. The van der Waals surface area contributed by atoms with Gasteiger partial charge in [0.1, 0.15) is 0 Å². The number of nitrogen functional groups attached to an aromatic ring is 1. The Morgan fingerprint density at radius 2 is 2.00 bits per heavy atom. The highest BCUT2D eigenvalue weighted by Crippen LogP contribution is 2.30. The monoisotopic (exact) mass is 185 g/mol. The molecule has 0 saturated heterocycles. The molecule has 1 aromatic carbocycles. The first-order chi connectivity index (χ1) is 5.70. The first-order valence-electron chi connectivity index (χ1n) is 3.31. The van der Waals surface area contributed by atoms with E-state index < -0.39 is 11.6 Å². The number of halogens is 2. The number of hydrogen-bond acceptors (Lipinski definition) is 2. The highest BCUT2D eigenvalue weighted by molar-refractivity contribution is 7.17. The summed E-state index contributed by atoms with van der Waals surface area (Å²) >= 11 is 1.11. The van der Waals surface area contributed by atoms with Gasteiger partial charge < -0.3 is 5.73 Å². The van der Waals surface area contributed by atoms with Crippen molar-refractivity contribution in [2.75, 3.05) is 5.73 Å². The number of rotatable bonds is 0. The van der Waals surface area contributed by atoms with Crippen molar-refractivity contribution in [3.63, 3.8) is 0 Å². The van der Waals surface area contributed by atoms with Crippen LogP contribution >= 0.6 is 11.3 Å². The molecule has 1 aromatic heterocycles. The largest absolute Gasteiger partial charge is 0.398 e. The SMILES string of the molecule is Nc1csc2c(F)c(F)ccc12. The van der Waals surface area contributed by atoms with Crippen molar-refractivity contribution in [1.29, 1.82) is 0 Å². The first kappa shape index (κ1) is 7.49. The Balaban J connectivity index is 2.93. The maximum absolute atomic E-state index is 13.0. The first-order valence-corrected chi connectivity index (χ1v) is 4.19. The zero-order valence-corrected chi connectivity index (χ0v) is 6.79. The third kappa shape index (κ3) is 0.881. The highest BCUT2D eigenvalue weighted by Gasteiger charge is 2.09. The van der Waals surface area contributed by atoms with Crippen molar-refractivity contribution in [2.45, 2.75) is 0 Å². The van der Waals surface area contributed by atoms with Crippen molar-refractivity contribution >= 4 is 27.1 Å². The number of fused-ring (bicyclic) bond motifs is 1. The average Bonchev–Trinajstić information content (AvgIpc) is 2.41. The third-order valence-corrected chi connectivity index (χ3v) is 2.67. The van der Waals surface area contributed by atoms with Crippen molar-refractivity contribution in [3.8, 4) is 0 Å². The Bertz CT molecular complexity index is 436. The lowest BCUT2D eigenvalue weighted by molar-refractivity contribution is 0.518. The Morgan fingerprint density at radius 3 is 2.75 bits per heavy atom. The van der Waals surface area contributed by atoms with E-state index in [4.69, 9.17) is 5.73 Å². The summed E-state index contributed by atoms with van der Waals surface area (Å²) in [6.07, 6.45) is 0. The second-order valence-corrected chi connectivity index (χ2v) is 3.31. The summed E-state index contributed by atoms with van der Waals surface area (Å²) in [6.45, 7) is 0. The fraction of sp³-hybridized carbons (Fsp3) is 0. The van der Waals surface area contributed by atoms with Crippen molar-refractivity contribution in [3.05, 3.63) is 29.1 Å². The lowest BCUT2D eigenvalue weighted by Crippen LogP contribution is -1.84. The minimum Gasteiger partial charge on any atom is -0.398 e. The molecule has 0 spiro atoms. The summed E-state index contributed by atoms with van der Waals surface area (Å²) in [7, 11) is 0. The van der Waals surface area contributed by atoms with Crippen molar-refractivity contribution in [2.24, 2.45) is 0 Å². The molecule has 2 rings (SSSR count). The molecule has 12 heavy (non-hydrogen) atoms. The van der Waals surface area contributed by atoms with Crippen LogP contribution in [0.4, 0.5) is 14.5 Å². The van der Waals surface area contributed by atoms with Gasteiger partial charge in [-0.3, -0.25) is 0 Å². The summed E-state index contributed by atoms with van der Waals surface area (Å²) < 4.78 is 25.9. The minimum atomic E-state index is -0.829. The molecule has 0 bridgehead atoms. The van der Waals surface area contributed by atoms with Gasteiger partial charge in [-0.1, -0.05) is 0 Å². The Labute approximate surface area is 71.4 Å². The van der Waals surface area contributed by atoms with Crippen LogP contribution in [0.3, 0.4) is 0 Å². The van der Waals surface area contributed by atoms with Gasteiger partial charge in [-0.2, -0.15) is 0 Å². The van der Waals surface area contributed by atoms with E-state index in [1.54, 1.807) is 5.38 Å². The lowest BCUT2D eigenvalue weighted by Gasteiger charge is -1.94. The molecule has 1 heterocycles. The van der Waals surface area contributed by atoms with Gasteiger partial charge in [0.2, 0.25) is 0 Å². The van der Waals surface area contributed by atoms with E-state index >= 15 is 0 Å². The molecule has 2 aromatic rings. The second kappa shape index (κ2) is 2.42. The molecule has 2 N–H and O–H groups in total. The number of benzene rings is 1. The quantitative estimate of drug-likeness (QED) is 0.671. The molecule has 62 valence electrons. The molecule has 0 aliphatic heterocycles. The topological polar surface area (TPSA) is 26.0 Å². The van der Waals surface area contributed by atoms with Gasteiger partial charge in [-0.15, -0.1) is 11.3 Å². The van der Waals surface area contributed by atoms with Gasteiger partial charge in [-0.05, 0) is 12.1 Å². The fourth-order valence-electron chi connectivity index (χ4n) is 1.06. The highest BCUT2D eigenvalue weighted by atomic mass is 32.1. The summed E-state index contributed by atoms with van der Waals surface area (Å²) in [5.41, 5.74) is 6.01. The maximum atomic E-state index is 13.0. The molecular formula is C8H5F2NS. The fourth-order valence-corrected chi connectivity index (χ4v) is 1.95. The standard InChI is InChI=1S/C8H5F2NS/c9-5-2-1-4-6(11)3-12-8(4)7(5)10/h1-3H,11H2. The van der Waals surface area contributed by atoms with Crippen LogP contribution in [0, 0.1) is 11.6 Å². The molecule has 4 heteroatoms. The van der Waals surface area contributed by atoms with Crippen LogP contribution in [0.25, 0.3) is 10.1 Å². The van der Waals surface area contributed by atoms with Gasteiger partial charge in [0, 0.05) is 10.8 Å². The normalized spacial score (nSPS) is 10.8. The van der Waals surface area contributed by atoms with E-state index in [2.05, 4.69) is 0 Å². The summed E-state index contributed by atoms with van der Waals surface area (Å²) in [5.74, 6) is -1.64. The van der Waals surface area contributed by atoms with Gasteiger partial charge in [0.05, 0.1) is 10.4 Å². The van der Waals surface area contributed by atoms with Gasteiger partial charge in [0.25, 0.3) is 0 Å². The lowest BCUT2D eigenvalue weighted by atomic mass is 10.2. The summed E-state index contributed by atoms with van der Waals surface area (Å²) in [6, 6.07) is 2.57. The third-order valence-electron chi connectivity index (χ3n) is 1.66. The van der Waals surface area contributed by atoms with Crippen molar-refractivity contribution in [1.82, 2.24) is 0 Å². The molecule has 1 nitrogen and oxygen atoms in total. The van der Waals surface area contributed by atoms with E-state index in [0.29, 0.717) is 11.1 Å². The number of anilines is 1. The second-order valence-electron chi connectivity index (χ2n) is 2.43. The van der Waals surface area contributed by atoms with Crippen LogP contribution in [0.2, 0.25) is 0 Å². The molecule has 0 fully saturated rings. The Kier molecular flexibility index (Phi) is 1.51. The maximum Gasteiger partial charge on any atom is 0.176 e. The average molecular weight is 185 g/mol. The zero-order valence-electron chi connectivity index (χ0n) is 5.97. The molecule has 0 saturated carbocycles. The van der Waals surface area contributed by atoms with E-state index in [1.807, 2.05) is 0 Å². The van der Waals surface area contributed by atoms with Crippen LogP contribution in [0.1, 0.15) is 0 Å². The Hall–Kier alpha value is -1.16. The molecule has 0 amide bonds. The van der Waals surface area contributed by atoms with Crippen LogP contribution in [-0.2, 0) is 0 Å². The molecule has 0 unspecified atom stereocenters. The van der Waals surface area contributed by atoms with Gasteiger partial charge in [0.15, 0.2) is 11.6 Å². The number of hydrogen-bond donors (Lipinski definition) is 1. The zero-order chi connectivity index (χ0) is 8.72. The number of thiophene rings is 1. The molecule has 0 aliphatic rings. The van der Waals surface area contributed by atoms with Gasteiger partial charge in [-0.25, -0.2) is 8.78 Å². The summed E-state index contributed by atoms with van der Waals surface area (Å²) in [4.78, 5) is 0. The van der Waals surface area contributed by atoms with E-state index in [0.717, 1.165) is 17.4 Å². The van der Waals surface area contributed by atoms with E-state index in [-0.39, 0.29) is 4.70 Å². The van der Waals surface area contributed by atoms with Crippen LogP contribution in [-0.4, -0.2) is 0 Å². The minimum absolute atomic E-state index is 0.285. The predicted molar refractivity (Wildman–Crippen MR) is 46.2 cm³/mol. The molecule has 0 aliphatic carbocycles. The van der Waals surface area contributed by atoms with Gasteiger partial charge >= 0.3 is 0 Å². The van der Waals surface area contributed by atoms with Crippen LogP contribution in [0.5, 0.6) is 0 Å². The van der Waals surface area contributed by atoms with Crippen molar-refractivity contribution < 1.29 is 8.78 Å².